The van der Waals surface area contributed by atoms with Crippen molar-refractivity contribution in [3.63, 3.8) is 0 Å². The van der Waals surface area contributed by atoms with Crippen LogP contribution in [0, 0.1) is 12.8 Å². The van der Waals surface area contributed by atoms with E-state index in [2.05, 4.69) is 17.2 Å². The zero-order chi connectivity index (χ0) is 19.0. The Labute approximate surface area is 156 Å². The molecule has 6 nitrogen and oxygen atoms in total. The Morgan fingerprint density at radius 2 is 2.15 bits per heavy atom. The number of nitrogens with one attached hydrogen (secondary N) is 1. The number of nitrogens with zero attached hydrogens (tertiary/aromatic N) is 1. The second-order valence-corrected chi connectivity index (χ2v) is 6.97. The first-order valence-corrected chi connectivity index (χ1v) is 9.63. The van der Waals surface area contributed by atoms with E-state index in [4.69, 9.17) is 14.2 Å². The summed E-state index contributed by atoms with van der Waals surface area (Å²) in [6.07, 6.45) is 5.32. The minimum atomic E-state index is -0.729. The largest absolute Gasteiger partial charge is 0.475 e. The van der Waals surface area contributed by atoms with Crippen LogP contribution in [0.15, 0.2) is 12.3 Å². The highest BCUT2D eigenvalue weighted by Gasteiger charge is 2.42. The van der Waals surface area contributed by atoms with Crippen LogP contribution in [-0.4, -0.2) is 42.9 Å². The molecule has 0 spiro atoms. The highest BCUT2D eigenvalue weighted by molar-refractivity contribution is 5.97. The van der Waals surface area contributed by atoms with Crippen LogP contribution in [-0.2, 0) is 14.3 Å². The van der Waals surface area contributed by atoms with Crippen LogP contribution in [0.3, 0.4) is 0 Å². The molecule has 6 heteroatoms. The van der Waals surface area contributed by atoms with E-state index in [-0.39, 0.29) is 5.91 Å². The molecule has 1 aliphatic carbocycles. The van der Waals surface area contributed by atoms with E-state index < -0.39 is 5.60 Å². The monoisotopic (exact) mass is 364 g/mol. The number of aryl methyl sites for hydroxylation is 1. The number of amides is 1. The average Bonchev–Trinajstić information content (AvgIpc) is 2.60. The van der Waals surface area contributed by atoms with E-state index in [0.717, 1.165) is 31.2 Å². The zero-order valence-electron chi connectivity index (χ0n) is 16.5. The molecule has 1 saturated carbocycles. The fourth-order valence-electron chi connectivity index (χ4n) is 3.55. The maximum absolute atomic E-state index is 13.0. The summed E-state index contributed by atoms with van der Waals surface area (Å²) in [7, 11) is 0. The van der Waals surface area contributed by atoms with Crippen molar-refractivity contribution in [3.8, 4) is 5.88 Å². The smallest absolute Gasteiger partial charge is 0.256 e. The van der Waals surface area contributed by atoms with Gasteiger partial charge in [-0.1, -0.05) is 13.3 Å². The summed E-state index contributed by atoms with van der Waals surface area (Å²) in [6.45, 7) is 10.2. The van der Waals surface area contributed by atoms with Crippen LogP contribution in [0.1, 0.15) is 52.0 Å². The van der Waals surface area contributed by atoms with Crippen LogP contribution in [0.25, 0.3) is 0 Å². The molecule has 1 heterocycles. The van der Waals surface area contributed by atoms with Crippen LogP contribution >= 0.6 is 0 Å². The molecule has 1 aromatic heterocycles. The molecule has 1 aliphatic rings. The quantitative estimate of drug-likeness (QED) is 0.676. The van der Waals surface area contributed by atoms with Crippen LogP contribution in [0.2, 0.25) is 0 Å². The Hall–Kier alpha value is -1.66. The third kappa shape index (κ3) is 5.42. The number of hydrogen-bond donors (Lipinski definition) is 1. The Bertz CT molecular complexity index is 589. The van der Waals surface area contributed by atoms with Gasteiger partial charge in [-0.2, -0.15) is 0 Å². The number of hydrogen-bond acceptors (Lipinski definition) is 5. The molecule has 0 aromatic carbocycles. The first kappa shape index (κ1) is 20.6. The highest BCUT2D eigenvalue weighted by atomic mass is 16.5. The number of ether oxygens (including phenoxy) is 3. The van der Waals surface area contributed by atoms with Gasteiger partial charge < -0.3 is 19.5 Å². The van der Waals surface area contributed by atoms with E-state index in [1.165, 1.54) is 0 Å². The number of carbonyl (C=O) groups is 1. The Morgan fingerprint density at radius 1 is 1.35 bits per heavy atom. The van der Waals surface area contributed by atoms with Crippen LogP contribution in [0.4, 0.5) is 5.69 Å². The molecule has 0 aliphatic heterocycles. The molecule has 0 bridgehead atoms. The van der Waals surface area contributed by atoms with Crippen molar-refractivity contribution in [2.45, 2.75) is 59.0 Å². The first-order chi connectivity index (χ1) is 12.5. The van der Waals surface area contributed by atoms with Gasteiger partial charge in [0.2, 0.25) is 5.88 Å². The second kappa shape index (κ2) is 9.88. The number of anilines is 1. The maximum atomic E-state index is 13.0. The van der Waals surface area contributed by atoms with Crippen molar-refractivity contribution in [2.75, 3.05) is 31.7 Å². The molecule has 2 atom stereocenters. The summed E-state index contributed by atoms with van der Waals surface area (Å²) < 4.78 is 16.8. The summed E-state index contributed by atoms with van der Waals surface area (Å²) in [6, 6.07) is 1.88. The SMILES string of the molecule is CCOCCOc1ncc(NC(=O)[C@]2(OCC)CCC[C@@H](C)C2)cc1C. The summed E-state index contributed by atoms with van der Waals surface area (Å²) >= 11 is 0. The third-order valence-electron chi connectivity index (χ3n) is 4.75. The molecule has 0 saturated heterocycles. The number of rotatable bonds is 9. The fraction of sp³-hybridized carbons (Fsp3) is 0.700. The van der Waals surface area contributed by atoms with E-state index in [1.807, 2.05) is 26.8 Å². The summed E-state index contributed by atoms with van der Waals surface area (Å²) in [5.41, 5.74) is 0.816. The molecular weight excluding hydrogens is 332 g/mol. The minimum Gasteiger partial charge on any atom is -0.475 e. The van der Waals surface area contributed by atoms with Crippen molar-refractivity contribution in [3.05, 3.63) is 17.8 Å². The van der Waals surface area contributed by atoms with Crippen molar-refractivity contribution >= 4 is 11.6 Å². The van der Waals surface area contributed by atoms with E-state index >= 15 is 0 Å². The summed E-state index contributed by atoms with van der Waals surface area (Å²) in [4.78, 5) is 17.3. The Balaban J connectivity index is 2.02. The molecule has 1 fully saturated rings. The van der Waals surface area contributed by atoms with Gasteiger partial charge in [-0.25, -0.2) is 4.98 Å². The number of pyridine rings is 1. The lowest BCUT2D eigenvalue weighted by molar-refractivity contribution is -0.147. The fourth-order valence-corrected chi connectivity index (χ4v) is 3.55. The summed E-state index contributed by atoms with van der Waals surface area (Å²) in [5, 5.41) is 3.00. The highest BCUT2D eigenvalue weighted by Crippen LogP contribution is 2.36. The minimum absolute atomic E-state index is 0.0721. The van der Waals surface area contributed by atoms with Crippen LogP contribution < -0.4 is 10.1 Å². The van der Waals surface area contributed by atoms with E-state index in [9.17, 15) is 4.79 Å². The van der Waals surface area contributed by atoms with Gasteiger partial charge in [0, 0.05) is 18.8 Å². The van der Waals surface area contributed by atoms with Gasteiger partial charge in [-0.05, 0) is 52.0 Å². The Morgan fingerprint density at radius 3 is 2.81 bits per heavy atom. The standard InChI is InChI=1S/C20H32N2O4/c1-5-24-10-11-25-18-16(4)12-17(14-21-18)22-19(23)20(26-6-2)9-7-8-15(3)13-20/h12,14-15H,5-11,13H2,1-4H3,(H,22,23)/t15-,20+/m1/s1. The lowest BCUT2D eigenvalue weighted by Crippen LogP contribution is -2.48. The van der Waals surface area contributed by atoms with Gasteiger partial charge in [-0.3, -0.25) is 4.79 Å². The molecule has 26 heavy (non-hydrogen) atoms. The maximum Gasteiger partial charge on any atom is 0.256 e. The van der Waals surface area contributed by atoms with E-state index in [1.54, 1.807) is 6.20 Å². The van der Waals surface area contributed by atoms with E-state index in [0.29, 0.717) is 43.9 Å². The number of aromatic nitrogens is 1. The molecule has 1 aromatic rings. The Kier molecular flexibility index (Phi) is 7.85. The third-order valence-corrected chi connectivity index (χ3v) is 4.75. The van der Waals surface area contributed by atoms with Gasteiger partial charge in [0.05, 0.1) is 18.5 Å². The normalized spacial score (nSPS) is 22.8. The van der Waals surface area contributed by atoms with Crippen molar-refractivity contribution in [1.82, 2.24) is 4.98 Å². The second-order valence-electron chi connectivity index (χ2n) is 6.97. The van der Waals surface area contributed by atoms with Crippen molar-refractivity contribution in [2.24, 2.45) is 5.92 Å². The number of carbonyl (C=O) groups excluding carboxylic acids is 1. The predicted molar refractivity (Wildman–Crippen MR) is 102 cm³/mol. The van der Waals surface area contributed by atoms with Gasteiger partial charge in [0.1, 0.15) is 12.2 Å². The van der Waals surface area contributed by atoms with Crippen LogP contribution in [0.5, 0.6) is 5.88 Å². The molecule has 2 rings (SSSR count). The zero-order valence-corrected chi connectivity index (χ0v) is 16.5. The van der Waals surface area contributed by atoms with Gasteiger partial charge in [0.25, 0.3) is 5.91 Å². The molecule has 146 valence electrons. The first-order valence-electron chi connectivity index (χ1n) is 9.63. The average molecular weight is 364 g/mol. The lowest BCUT2D eigenvalue weighted by Gasteiger charge is -2.38. The van der Waals surface area contributed by atoms with Crippen molar-refractivity contribution < 1.29 is 19.0 Å². The molecule has 1 amide bonds. The van der Waals surface area contributed by atoms with Gasteiger partial charge >= 0.3 is 0 Å². The molecule has 0 radical (unpaired) electrons. The molecular formula is C20H32N2O4. The molecule has 0 unspecified atom stereocenters. The lowest BCUT2D eigenvalue weighted by atomic mass is 9.78. The molecule has 1 N–H and O–H groups in total. The van der Waals surface area contributed by atoms with Gasteiger partial charge in [-0.15, -0.1) is 0 Å². The predicted octanol–water partition coefficient (Wildman–Crippen LogP) is 3.73. The van der Waals surface area contributed by atoms with Gasteiger partial charge in [0.15, 0.2) is 0 Å². The summed E-state index contributed by atoms with van der Waals surface area (Å²) in [5.74, 6) is 0.979. The topological polar surface area (TPSA) is 69.7 Å². The van der Waals surface area contributed by atoms with Crippen molar-refractivity contribution in [1.29, 1.82) is 0 Å².